The molecule has 0 radical (unpaired) electrons. The van der Waals surface area contributed by atoms with E-state index in [1.54, 1.807) is 0 Å². The molecule has 2 fully saturated rings. The third-order valence-electron chi connectivity index (χ3n) is 4.85. The maximum absolute atomic E-state index is 14.9. The smallest absolute Gasteiger partial charge is 0.414 e. The quantitative estimate of drug-likeness (QED) is 0.398. The van der Waals surface area contributed by atoms with Crippen molar-refractivity contribution >= 4 is 40.6 Å². The van der Waals surface area contributed by atoms with Crippen LogP contribution in [0.15, 0.2) is 12.1 Å². The number of amides is 1. The summed E-state index contributed by atoms with van der Waals surface area (Å²) in [7, 11) is 0. The van der Waals surface area contributed by atoms with E-state index in [4.69, 9.17) is 27.6 Å². The number of hydrogen-bond acceptors (Lipinski definition) is 7. The first kappa shape index (κ1) is 22.1. The molecule has 0 aromatic heterocycles. The van der Waals surface area contributed by atoms with E-state index in [1.165, 1.54) is 21.8 Å². The molecule has 1 amide bonds. The number of nitrogens with zero attached hydrogens (tertiary/aromatic N) is 3. The zero-order valence-electron chi connectivity index (χ0n) is 16.4. The number of nitrogens with one attached hydrogen (secondary N) is 1. The normalized spacial score (nSPS) is 19.5. The number of hydrogen-bond donors (Lipinski definition) is 2. The van der Waals surface area contributed by atoms with Gasteiger partial charge in [0.25, 0.3) is 0 Å². The number of cyclic esters (lactones) is 1. The van der Waals surface area contributed by atoms with Gasteiger partial charge in [0.1, 0.15) is 17.6 Å². The van der Waals surface area contributed by atoms with E-state index in [0.717, 1.165) is 12.1 Å². The predicted molar refractivity (Wildman–Crippen MR) is 109 cm³/mol. The van der Waals surface area contributed by atoms with Crippen LogP contribution in [0.2, 0.25) is 0 Å². The summed E-state index contributed by atoms with van der Waals surface area (Å²) >= 11 is 5.00. The number of ketones is 1. The molecule has 2 heterocycles. The van der Waals surface area contributed by atoms with Gasteiger partial charge in [-0.05, 0) is 25.6 Å². The Hall–Kier alpha value is -2.57. The summed E-state index contributed by atoms with van der Waals surface area (Å²) in [4.78, 5) is 31.3. The van der Waals surface area contributed by atoms with Crippen LogP contribution in [-0.2, 0) is 14.4 Å². The molecule has 0 aliphatic carbocycles. The number of halogens is 2. The molecule has 0 saturated carbocycles. The molecule has 2 saturated heterocycles. The Morgan fingerprint density at radius 2 is 2.00 bits per heavy atom. The van der Waals surface area contributed by atoms with E-state index in [2.05, 4.69) is 5.43 Å². The van der Waals surface area contributed by atoms with Gasteiger partial charge in [0.15, 0.2) is 11.6 Å². The Bertz CT molecular complexity index is 820. The Labute approximate surface area is 177 Å². The van der Waals surface area contributed by atoms with Gasteiger partial charge in [0.2, 0.25) is 5.11 Å². The zero-order chi connectivity index (χ0) is 21.8. The average molecular weight is 443 g/mol. The molecule has 0 bridgehead atoms. The Morgan fingerprint density at radius 3 is 2.63 bits per heavy atom. The van der Waals surface area contributed by atoms with Gasteiger partial charge in [0.05, 0.1) is 25.4 Å². The van der Waals surface area contributed by atoms with Gasteiger partial charge in [-0.1, -0.05) is 0 Å². The fourth-order valence-corrected chi connectivity index (χ4v) is 3.51. The third-order valence-corrected chi connectivity index (χ3v) is 5.17. The number of ether oxygens (including phenoxy) is 1. The van der Waals surface area contributed by atoms with Gasteiger partial charge in [-0.2, -0.15) is 0 Å². The minimum absolute atomic E-state index is 0.0195. The van der Waals surface area contributed by atoms with Gasteiger partial charge in [0, 0.05) is 31.6 Å². The van der Waals surface area contributed by atoms with Crippen molar-refractivity contribution in [3.63, 3.8) is 0 Å². The second-order valence-corrected chi connectivity index (χ2v) is 7.37. The molecule has 3 rings (SSSR count). The summed E-state index contributed by atoms with van der Waals surface area (Å²) in [5, 5.41) is 1.51. The zero-order valence-corrected chi connectivity index (χ0v) is 17.2. The van der Waals surface area contributed by atoms with E-state index in [0.29, 0.717) is 6.42 Å². The highest BCUT2D eigenvalue weighted by atomic mass is 32.1. The van der Waals surface area contributed by atoms with Crippen molar-refractivity contribution in [2.45, 2.75) is 25.9 Å². The number of carbonyl (C=O) groups excluding carboxylic acids is 2. The Morgan fingerprint density at radius 1 is 1.30 bits per heavy atom. The molecule has 1 aromatic carbocycles. The van der Waals surface area contributed by atoms with E-state index in [-0.39, 0.29) is 61.5 Å². The van der Waals surface area contributed by atoms with E-state index in [1.807, 2.05) is 0 Å². The number of hydrazine groups is 1. The maximum atomic E-state index is 14.9. The number of Topliss-reactive ketones (excluding diaryl/α,β-unsaturated/α-hetero) is 1. The molecule has 12 heteroatoms. The Kier molecular flexibility index (Phi) is 7.00. The van der Waals surface area contributed by atoms with Gasteiger partial charge in [-0.3, -0.25) is 15.2 Å². The van der Waals surface area contributed by atoms with Crippen molar-refractivity contribution < 1.29 is 27.9 Å². The summed E-state index contributed by atoms with van der Waals surface area (Å²) < 4.78 is 34.9. The van der Waals surface area contributed by atoms with Crippen LogP contribution in [0.1, 0.15) is 19.8 Å². The molecule has 0 unspecified atom stereocenters. The van der Waals surface area contributed by atoms with Gasteiger partial charge >= 0.3 is 6.09 Å². The molecule has 1 aromatic rings. The van der Waals surface area contributed by atoms with Crippen LogP contribution in [0.5, 0.6) is 0 Å². The summed E-state index contributed by atoms with van der Waals surface area (Å²) in [5.74, 6) is 3.64. The Balaban J connectivity index is 1.73. The summed E-state index contributed by atoms with van der Waals surface area (Å²) in [5.41, 5.74) is 2.15. The third kappa shape index (κ3) is 4.94. The first-order chi connectivity index (χ1) is 14.3. The minimum atomic E-state index is -0.807. The second-order valence-electron chi connectivity index (χ2n) is 6.99. The van der Waals surface area contributed by atoms with Crippen molar-refractivity contribution in [1.82, 2.24) is 10.5 Å². The number of thiocarbonyl (C=S) groups is 1. The summed E-state index contributed by atoms with van der Waals surface area (Å²) in [6, 6.07) is 2.20. The first-order valence-electron chi connectivity index (χ1n) is 9.42. The van der Waals surface area contributed by atoms with Crippen LogP contribution in [-0.4, -0.2) is 60.9 Å². The van der Waals surface area contributed by atoms with Crippen molar-refractivity contribution in [1.29, 1.82) is 0 Å². The number of nitrogens with two attached hydrogens (primary N) is 1. The lowest BCUT2D eigenvalue weighted by molar-refractivity contribution is -0.117. The van der Waals surface area contributed by atoms with Crippen molar-refractivity contribution in [3.05, 3.63) is 23.8 Å². The number of benzene rings is 1. The number of carbonyl (C=O) groups is 2. The van der Waals surface area contributed by atoms with Crippen LogP contribution in [0.4, 0.5) is 25.0 Å². The molecular formula is C18H23F2N5O4S. The average Bonchev–Trinajstić information content (AvgIpc) is 2.90. The van der Waals surface area contributed by atoms with E-state index in [9.17, 15) is 18.4 Å². The molecule has 3 N–H and O–H groups in total. The standard InChI is InChI=1S/C18H23F2N5O4S/c1-11(26)2-3-13-10-24(18(27)29-13)12-8-14(19)16(15(20)9-12)23-4-5-25(17(30)22-21)28-7-6-23/h8-9,13H,2-7,10,21H2,1H3,(H,22,30)/t13-/m0/s1. The molecule has 164 valence electrons. The first-order valence-corrected chi connectivity index (χ1v) is 9.83. The van der Waals surface area contributed by atoms with Crippen LogP contribution in [0.3, 0.4) is 0 Å². The van der Waals surface area contributed by atoms with Crippen molar-refractivity contribution in [2.24, 2.45) is 5.84 Å². The lowest BCUT2D eigenvalue weighted by Gasteiger charge is -2.24. The van der Waals surface area contributed by atoms with E-state index < -0.39 is 23.8 Å². The van der Waals surface area contributed by atoms with Crippen LogP contribution >= 0.6 is 12.2 Å². The minimum Gasteiger partial charge on any atom is -0.444 e. The monoisotopic (exact) mass is 443 g/mol. The van der Waals surface area contributed by atoms with E-state index >= 15 is 0 Å². The SMILES string of the molecule is CC(=O)CC[C@H]1CN(c2cc(F)c(N3CCON(C(=S)NN)CC3)c(F)c2)C(=O)O1. The summed E-state index contributed by atoms with van der Waals surface area (Å²) in [6.45, 7) is 2.45. The lowest BCUT2D eigenvalue weighted by atomic mass is 10.1. The molecule has 0 spiro atoms. The van der Waals surface area contributed by atoms with Gasteiger partial charge in [-0.25, -0.2) is 24.5 Å². The van der Waals surface area contributed by atoms with Gasteiger partial charge < -0.3 is 14.4 Å². The van der Waals surface area contributed by atoms with Crippen LogP contribution in [0, 0.1) is 11.6 Å². The lowest BCUT2D eigenvalue weighted by Crippen LogP contribution is -2.44. The molecule has 9 nitrogen and oxygen atoms in total. The molecule has 30 heavy (non-hydrogen) atoms. The van der Waals surface area contributed by atoms with Gasteiger partial charge in [-0.15, -0.1) is 0 Å². The highest BCUT2D eigenvalue weighted by molar-refractivity contribution is 7.80. The highest BCUT2D eigenvalue weighted by Crippen LogP contribution is 2.32. The second kappa shape index (κ2) is 9.49. The molecule has 1 atom stereocenters. The highest BCUT2D eigenvalue weighted by Gasteiger charge is 2.34. The summed E-state index contributed by atoms with van der Waals surface area (Å²) in [6.07, 6.45) is -0.563. The number of anilines is 2. The fourth-order valence-electron chi connectivity index (χ4n) is 3.36. The largest absolute Gasteiger partial charge is 0.444 e. The number of hydroxylamine groups is 2. The van der Waals surface area contributed by atoms with Crippen LogP contribution < -0.4 is 21.1 Å². The number of rotatable bonds is 5. The predicted octanol–water partition coefficient (Wildman–Crippen LogP) is 1.46. The topological polar surface area (TPSA) is 100 Å². The fraction of sp³-hybridized carbons (Fsp3) is 0.500. The van der Waals surface area contributed by atoms with Crippen molar-refractivity contribution in [3.8, 4) is 0 Å². The molecule has 2 aliphatic rings. The maximum Gasteiger partial charge on any atom is 0.414 e. The molecular weight excluding hydrogens is 420 g/mol. The molecule has 2 aliphatic heterocycles. The van der Waals surface area contributed by atoms with Crippen molar-refractivity contribution in [2.75, 3.05) is 42.6 Å². The van der Waals surface area contributed by atoms with Crippen LogP contribution in [0.25, 0.3) is 0 Å².